The van der Waals surface area contributed by atoms with Gasteiger partial charge in [0.2, 0.25) is 5.91 Å². The first kappa shape index (κ1) is 17.1. The quantitative estimate of drug-likeness (QED) is 0.635. The Morgan fingerprint density at radius 2 is 1.86 bits per heavy atom. The van der Waals surface area contributed by atoms with Gasteiger partial charge in [0.25, 0.3) is 5.91 Å². The minimum Gasteiger partial charge on any atom is -0.399 e. The first-order valence-electron chi connectivity index (χ1n) is 6.48. The molecule has 0 saturated heterocycles. The molecule has 21 heavy (non-hydrogen) atoms. The standard InChI is InChI=1S/C14H21ClN4O2/c1-7(13(21)19-14(2,3)4)18-11-9(12(17)20)5-8(16)6-10(11)15/h5-7,18H,16H2,1-4H3,(H2,17,20)(H,19,21). The third-order valence-electron chi connectivity index (χ3n) is 2.63. The van der Waals surface area contributed by atoms with E-state index in [9.17, 15) is 9.59 Å². The molecule has 0 aliphatic rings. The van der Waals surface area contributed by atoms with Gasteiger partial charge in [0.1, 0.15) is 6.04 Å². The predicted octanol–water partition coefficient (Wildman–Crippen LogP) is 1.74. The van der Waals surface area contributed by atoms with Gasteiger partial charge in [-0.1, -0.05) is 11.6 Å². The molecule has 1 rings (SSSR count). The second kappa shape index (κ2) is 6.22. The molecule has 2 amide bonds. The second-order valence-electron chi connectivity index (χ2n) is 5.89. The highest BCUT2D eigenvalue weighted by Gasteiger charge is 2.22. The lowest BCUT2D eigenvalue weighted by atomic mass is 10.1. The normalized spacial score (nSPS) is 12.6. The van der Waals surface area contributed by atoms with Gasteiger partial charge in [-0.3, -0.25) is 9.59 Å². The van der Waals surface area contributed by atoms with E-state index in [4.69, 9.17) is 23.1 Å². The van der Waals surface area contributed by atoms with E-state index < -0.39 is 11.9 Å². The summed E-state index contributed by atoms with van der Waals surface area (Å²) < 4.78 is 0. The zero-order valence-corrected chi connectivity index (χ0v) is 13.3. The molecule has 0 radical (unpaired) electrons. The number of amides is 2. The first-order valence-corrected chi connectivity index (χ1v) is 6.86. The van der Waals surface area contributed by atoms with Crippen molar-refractivity contribution in [3.8, 4) is 0 Å². The Kier molecular flexibility index (Phi) is 5.06. The number of nitrogens with two attached hydrogens (primary N) is 2. The Bertz CT molecular complexity index is 567. The van der Waals surface area contributed by atoms with Crippen LogP contribution in [0.25, 0.3) is 0 Å². The van der Waals surface area contributed by atoms with Crippen LogP contribution in [0.2, 0.25) is 5.02 Å². The van der Waals surface area contributed by atoms with E-state index in [1.807, 2.05) is 20.8 Å². The van der Waals surface area contributed by atoms with E-state index in [1.165, 1.54) is 12.1 Å². The fourth-order valence-corrected chi connectivity index (χ4v) is 2.01. The zero-order valence-electron chi connectivity index (χ0n) is 12.6. The van der Waals surface area contributed by atoms with Gasteiger partial charge in [0.05, 0.1) is 16.3 Å². The molecule has 1 aromatic carbocycles. The van der Waals surface area contributed by atoms with Gasteiger partial charge in [-0.05, 0) is 39.8 Å². The molecule has 0 aliphatic carbocycles. The fraction of sp³-hybridized carbons (Fsp3) is 0.429. The molecule has 0 spiro atoms. The lowest BCUT2D eigenvalue weighted by Gasteiger charge is -2.25. The van der Waals surface area contributed by atoms with Gasteiger partial charge >= 0.3 is 0 Å². The van der Waals surface area contributed by atoms with Crippen molar-refractivity contribution in [2.24, 2.45) is 5.73 Å². The van der Waals surface area contributed by atoms with Crippen molar-refractivity contribution in [1.82, 2.24) is 5.32 Å². The van der Waals surface area contributed by atoms with Crippen molar-refractivity contribution < 1.29 is 9.59 Å². The topological polar surface area (TPSA) is 110 Å². The maximum absolute atomic E-state index is 12.1. The van der Waals surface area contributed by atoms with Crippen molar-refractivity contribution in [3.05, 3.63) is 22.7 Å². The smallest absolute Gasteiger partial charge is 0.250 e. The van der Waals surface area contributed by atoms with Gasteiger partial charge in [-0.2, -0.15) is 0 Å². The summed E-state index contributed by atoms with van der Waals surface area (Å²) in [5.41, 5.74) is 11.4. The van der Waals surface area contributed by atoms with E-state index in [2.05, 4.69) is 10.6 Å². The lowest BCUT2D eigenvalue weighted by molar-refractivity contribution is -0.122. The number of benzene rings is 1. The fourth-order valence-electron chi connectivity index (χ4n) is 1.73. The maximum atomic E-state index is 12.1. The van der Waals surface area contributed by atoms with Crippen molar-refractivity contribution >= 4 is 34.8 Å². The highest BCUT2D eigenvalue weighted by atomic mass is 35.5. The van der Waals surface area contributed by atoms with Crippen LogP contribution >= 0.6 is 11.6 Å². The van der Waals surface area contributed by atoms with Gasteiger partial charge in [0, 0.05) is 11.2 Å². The van der Waals surface area contributed by atoms with Crippen LogP contribution in [0.15, 0.2) is 12.1 Å². The Labute approximate surface area is 129 Å². The number of halogens is 1. The molecule has 0 aromatic heterocycles. The highest BCUT2D eigenvalue weighted by molar-refractivity contribution is 6.34. The summed E-state index contributed by atoms with van der Waals surface area (Å²) in [5.74, 6) is -0.888. The Morgan fingerprint density at radius 3 is 2.33 bits per heavy atom. The van der Waals surface area contributed by atoms with Gasteiger partial charge in [-0.25, -0.2) is 0 Å². The predicted molar refractivity (Wildman–Crippen MR) is 85.4 cm³/mol. The van der Waals surface area contributed by atoms with Crippen molar-refractivity contribution in [2.75, 3.05) is 11.1 Å². The molecule has 1 unspecified atom stereocenters. The molecule has 116 valence electrons. The molecule has 1 aromatic rings. The zero-order chi connectivity index (χ0) is 16.4. The molecule has 0 bridgehead atoms. The second-order valence-corrected chi connectivity index (χ2v) is 6.30. The van der Waals surface area contributed by atoms with Crippen LogP contribution in [0.5, 0.6) is 0 Å². The Balaban J connectivity index is 3.02. The van der Waals surface area contributed by atoms with Gasteiger partial charge < -0.3 is 22.1 Å². The van der Waals surface area contributed by atoms with Crippen LogP contribution in [-0.4, -0.2) is 23.4 Å². The van der Waals surface area contributed by atoms with Crippen LogP contribution in [0.4, 0.5) is 11.4 Å². The third kappa shape index (κ3) is 4.82. The van der Waals surface area contributed by atoms with Crippen molar-refractivity contribution in [3.63, 3.8) is 0 Å². The highest BCUT2D eigenvalue weighted by Crippen LogP contribution is 2.29. The van der Waals surface area contributed by atoms with E-state index in [-0.39, 0.29) is 22.0 Å². The van der Waals surface area contributed by atoms with Gasteiger partial charge in [-0.15, -0.1) is 0 Å². The number of rotatable bonds is 4. The summed E-state index contributed by atoms with van der Waals surface area (Å²) >= 11 is 6.08. The number of hydrogen-bond donors (Lipinski definition) is 4. The molecular weight excluding hydrogens is 292 g/mol. The van der Waals surface area contributed by atoms with E-state index >= 15 is 0 Å². The van der Waals surface area contributed by atoms with Crippen LogP contribution in [-0.2, 0) is 4.79 Å². The molecule has 1 atom stereocenters. The lowest BCUT2D eigenvalue weighted by Crippen LogP contribution is -2.47. The number of nitrogen functional groups attached to an aromatic ring is 1. The number of anilines is 2. The molecule has 6 N–H and O–H groups in total. The van der Waals surface area contributed by atoms with Crippen LogP contribution in [0.1, 0.15) is 38.1 Å². The van der Waals surface area contributed by atoms with Gasteiger partial charge in [0.15, 0.2) is 0 Å². The summed E-state index contributed by atoms with van der Waals surface area (Å²) in [6.45, 7) is 7.30. The number of primary amides is 1. The first-order chi connectivity index (χ1) is 9.51. The average molecular weight is 313 g/mol. The number of nitrogens with one attached hydrogen (secondary N) is 2. The monoisotopic (exact) mass is 312 g/mol. The molecule has 0 heterocycles. The summed E-state index contributed by atoms with van der Waals surface area (Å²) in [7, 11) is 0. The number of carbonyl (C=O) groups is 2. The maximum Gasteiger partial charge on any atom is 0.250 e. The molecule has 6 nitrogen and oxygen atoms in total. The van der Waals surface area contributed by atoms with Crippen molar-refractivity contribution in [2.45, 2.75) is 39.3 Å². The average Bonchev–Trinajstić information content (AvgIpc) is 2.29. The minimum absolute atomic E-state index is 0.149. The Morgan fingerprint density at radius 1 is 1.29 bits per heavy atom. The minimum atomic E-state index is -0.671. The van der Waals surface area contributed by atoms with Crippen molar-refractivity contribution in [1.29, 1.82) is 0 Å². The molecule has 0 fully saturated rings. The summed E-state index contributed by atoms with van der Waals surface area (Å²) in [6, 6.07) is 2.32. The SMILES string of the molecule is CC(Nc1c(Cl)cc(N)cc1C(N)=O)C(=O)NC(C)(C)C. The molecule has 7 heteroatoms. The summed E-state index contributed by atoms with van der Waals surface area (Å²) in [4.78, 5) is 23.5. The molecule has 0 saturated carbocycles. The van der Waals surface area contributed by atoms with E-state index in [0.717, 1.165) is 0 Å². The van der Waals surface area contributed by atoms with Crippen LogP contribution in [0.3, 0.4) is 0 Å². The third-order valence-corrected chi connectivity index (χ3v) is 2.93. The van der Waals surface area contributed by atoms with E-state index in [1.54, 1.807) is 6.92 Å². The number of carbonyl (C=O) groups excluding carboxylic acids is 2. The Hall–Kier alpha value is -1.95. The molecule has 0 aliphatic heterocycles. The summed E-state index contributed by atoms with van der Waals surface area (Å²) in [6.07, 6.45) is 0. The molecular formula is C14H21ClN4O2. The largest absolute Gasteiger partial charge is 0.399 e. The number of hydrogen-bond acceptors (Lipinski definition) is 4. The van der Waals surface area contributed by atoms with Crippen LogP contribution < -0.4 is 22.1 Å². The summed E-state index contributed by atoms with van der Waals surface area (Å²) in [5, 5.41) is 5.98. The van der Waals surface area contributed by atoms with E-state index in [0.29, 0.717) is 11.4 Å². The van der Waals surface area contributed by atoms with Crippen LogP contribution in [0, 0.1) is 0 Å².